The molecular formula is C39H54O5. The van der Waals surface area contributed by atoms with E-state index >= 15 is 0 Å². The molecule has 0 aromatic heterocycles. The van der Waals surface area contributed by atoms with Crippen molar-refractivity contribution in [3.05, 3.63) is 47.6 Å². The summed E-state index contributed by atoms with van der Waals surface area (Å²) in [5, 5.41) is 20.2. The van der Waals surface area contributed by atoms with Gasteiger partial charge in [0.15, 0.2) is 0 Å². The van der Waals surface area contributed by atoms with Crippen molar-refractivity contribution in [1.82, 2.24) is 0 Å². The molecule has 2 N–H and O–H groups in total. The number of esters is 1. The number of phenolic OH excluding ortho intramolecular Hbond substituents is 1. The van der Waals surface area contributed by atoms with Crippen LogP contribution in [0.5, 0.6) is 5.75 Å². The van der Waals surface area contributed by atoms with E-state index in [9.17, 15) is 19.8 Å². The van der Waals surface area contributed by atoms with Crippen molar-refractivity contribution in [2.75, 3.05) is 0 Å². The topological polar surface area (TPSA) is 83.8 Å². The Hall–Kier alpha value is -2.56. The fourth-order valence-corrected chi connectivity index (χ4v) is 11.7. The predicted octanol–water partition coefficient (Wildman–Crippen LogP) is 9.20. The van der Waals surface area contributed by atoms with Crippen molar-refractivity contribution in [1.29, 1.82) is 0 Å². The van der Waals surface area contributed by atoms with Gasteiger partial charge >= 0.3 is 11.9 Å². The number of fused-ring (bicyclic) bond motifs is 7. The number of aromatic hydroxyl groups is 1. The molecule has 5 aliphatic rings. The molecule has 4 saturated carbocycles. The molecule has 0 radical (unpaired) electrons. The molecule has 0 aliphatic heterocycles. The van der Waals surface area contributed by atoms with Gasteiger partial charge in [-0.25, -0.2) is 4.79 Å². The zero-order valence-corrected chi connectivity index (χ0v) is 28.0. The lowest BCUT2D eigenvalue weighted by atomic mass is 9.33. The molecule has 0 amide bonds. The monoisotopic (exact) mass is 602 g/mol. The predicted molar refractivity (Wildman–Crippen MR) is 174 cm³/mol. The number of aliphatic carboxylic acids is 1. The highest BCUT2D eigenvalue weighted by atomic mass is 16.5. The molecule has 0 saturated heterocycles. The molecule has 44 heavy (non-hydrogen) atoms. The fraction of sp³-hybridized carbons (Fsp3) is 0.692. The summed E-state index contributed by atoms with van der Waals surface area (Å²) >= 11 is 0. The SMILES string of the molecule is CC1(C)CC[C@]2(C(=O)O)CC[C@]3(C)C(=CC[C@@H]4[C@@]5(C)CCC(OC(=O)/C=C/c6ccc(O)cc6)C(C)(C)[C@@H]5CC[C@]43C)[C@@H]2C1. The summed E-state index contributed by atoms with van der Waals surface area (Å²) < 4.78 is 6.18. The molecule has 8 atom stereocenters. The Labute approximate surface area is 264 Å². The van der Waals surface area contributed by atoms with Gasteiger partial charge in [-0.15, -0.1) is 0 Å². The van der Waals surface area contributed by atoms with Gasteiger partial charge in [0.25, 0.3) is 0 Å². The summed E-state index contributed by atoms with van der Waals surface area (Å²) in [4.78, 5) is 25.9. The Bertz CT molecular complexity index is 1390. The Morgan fingerprint density at radius 2 is 1.55 bits per heavy atom. The molecule has 6 rings (SSSR count). The first-order chi connectivity index (χ1) is 20.5. The zero-order valence-electron chi connectivity index (χ0n) is 28.0. The number of carbonyl (C=O) groups excluding carboxylic acids is 1. The molecule has 4 fully saturated rings. The second-order valence-electron chi connectivity index (χ2n) is 17.4. The number of carboxylic acid groups (broad SMARTS) is 1. The van der Waals surface area contributed by atoms with Crippen LogP contribution in [0.2, 0.25) is 0 Å². The van der Waals surface area contributed by atoms with Crippen LogP contribution < -0.4 is 0 Å². The first-order valence-electron chi connectivity index (χ1n) is 17.1. The van der Waals surface area contributed by atoms with Gasteiger partial charge in [-0.3, -0.25) is 4.79 Å². The van der Waals surface area contributed by atoms with Gasteiger partial charge in [-0.05, 0) is 127 Å². The van der Waals surface area contributed by atoms with Crippen LogP contribution in [0.1, 0.15) is 118 Å². The largest absolute Gasteiger partial charge is 0.508 e. The van der Waals surface area contributed by atoms with E-state index in [4.69, 9.17) is 4.74 Å². The lowest BCUT2D eigenvalue weighted by Crippen LogP contribution is -2.65. The zero-order chi connectivity index (χ0) is 31.9. The summed E-state index contributed by atoms with van der Waals surface area (Å²) in [6, 6.07) is 6.79. The van der Waals surface area contributed by atoms with Crippen LogP contribution in [0.25, 0.3) is 6.08 Å². The maximum atomic E-state index is 13.0. The number of allylic oxidation sites excluding steroid dienone is 2. The number of benzene rings is 1. The summed E-state index contributed by atoms with van der Waals surface area (Å²) in [5.41, 5.74) is 1.98. The van der Waals surface area contributed by atoms with Gasteiger partial charge in [-0.2, -0.15) is 0 Å². The second kappa shape index (κ2) is 10.2. The number of ether oxygens (including phenoxy) is 1. The highest BCUT2D eigenvalue weighted by Gasteiger charge is 2.69. The third kappa shape index (κ3) is 4.53. The summed E-state index contributed by atoms with van der Waals surface area (Å²) in [7, 11) is 0. The Kier molecular flexibility index (Phi) is 7.30. The van der Waals surface area contributed by atoms with E-state index in [1.165, 1.54) is 11.6 Å². The van der Waals surface area contributed by atoms with Crippen LogP contribution in [0.15, 0.2) is 42.0 Å². The number of hydrogen-bond donors (Lipinski definition) is 2. The minimum Gasteiger partial charge on any atom is -0.508 e. The fourth-order valence-electron chi connectivity index (χ4n) is 11.7. The van der Waals surface area contributed by atoms with Crippen LogP contribution in [-0.2, 0) is 14.3 Å². The summed E-state index contributed by atoms with van der Waals surface area (Å²) in [6.07, 6.45) is 15.3. The van der Waals surface area contributed by atoms with Crippen LogP contribution in [-0.4, -0.2) is 28.3 Å². The summed E-state index contributed by atoms with van der Waals surface area (Å²) in [6.45, 7) is 16.9. The van der Waals surface area contributed by atoms with Crippen molar-refractivity contribution < 1.29 is 24.5 Å². The first kappa shape index (κ1) is 31.4. The molecule has 240 valence electrons. The molecule has 0 heterocycles. The van der Waals surface area contributed by atoms with Crippen molar-refractivity contribution >= 4 is 18.0 Å². The first-order valence-corrected chi connectivity index (χ1v) is 17.1. The second-order valence-corrected chi connectivity index (χ2v) is 17.4. The molecule has 1 unspecified atom stereocenters. The summed E-state index contributed by atoms with van der Waals surface area (Å²) in [5.74, 6) is 0.409. The molecule has 1 aromatic rings. The lowest BCUT2D eigenvalue weighted by Gasteiger charge is -2.71. The third-order valence-corrected chi connectivity index (χ3v) is 14.6. The molecule has 1 aromatic carbocycles. The van der Waals surface area contributed by atoms with Crippen molar-refractivity contribution in [2.24, 2.45) is 50.2 Å². The smallest absolute Gasteiger partial charge is 0.331 e. The number of carbonyl (C=O) groups is 2. The molecule has 5 aliphatic carbocycles. The van der Waals surface area contributed by atoms with Gasteiger partial charge < -0.3 is 14.9 Å². The Morgan fingerprint density at radius 3 is 2.23 bits per heavy atom. The average Bonchev–Trinajstić information content (AvgIpc) is 2.94. The average molecular weight is 603 g/mol. The van der Waals surface area contributed by atoms with E-state index in [2.05, 4.69) is 54.5 Å². The van der Waals surface area contributed by atoms with Gasteiger partial charge in [0, 0.05) is 11.5 Å². The molecule has 5 nitrogen and oxygen atoms in total. The van der Waals surface area contributed by atoms with E-state index in [-0.39, 0.29) is 50.8 Å². The van der Waals surface area contributed by atoms with Gasteiger partial charge in [0.2, 0.25) is 0 Å². The molecule has 0 spiro atoms. The van der Waals surface area contributed by atoms with Crippen molar-refractivity contribution in [2.45, 2.75) is 119 Å². The van der Waals surface area contributed by atoms with E-state index in [1.54, 1.807) is 30.3 Å². The molecule has 0 bridgehead atoms. The third-order valence-electron chi connectivity index (χ3n) is 14.6. The quantitative estimate of drug-likeness (QED) is 0.204. The number of carboxylic acids is 1. The van der Waals surface area contributed by atoms with Crippen LogP contribution in [0.3, 0.4) is 0 Å². The maximum Gasteiger partial charge on any atom is 0.331 e. The number of phenols is 1. The normalized spacial score (nSPS) is 42.2. The lowest BCUT2D eigenvalue weighted by molar-refractivity contribution is -0.212. The van der Waals surface area contributed by atoms with Gasteiger partial charge in [-0.1, -0.05) is 72.2 Å². The van der Waals surface area contributed by atoms with Crippen LogP contribution >= 0.6 is 0 Å². The minimum absolute atomic E-state index is 0.00735. The van der Waals surface area contributed by atoms with E-state index in [0.29, 0.717) is 11.8 Å². The standard InChI is InChI=1S/C39H54O5/c1-34(2)20-22-39(33(42)43)23-21-37(6)27(28(39)24-34)13-14-30-36(5)18-17-31(35(3,4)29(36)16-19-38(30,37)7)44-32(41)15-10-25-8-11-26(40)12-9-25/h8-13,15,28-31,40H,14,16-24H2,1-7H3,(H,42,43)/b15-10+/t28-,29-,30+,31?,36-,37+,38+,39-/m0/s1. The minimum atomic E-state index is -0.605. The van der Waals surface area contributed by atoms with Crippen LogP contribution in [0, 0.1) is 50.2 Å². The highest BCUT2D eigenvalue weighted by molar-refractivity contribution is 5.87. The van der Waals surface area contributed by atoms with E-state index < -0.39 is 11.4 Å². The van der Waals surface area contributed by atoms with Crippen molar-refractivity contribution in [3.63, 3.8) is 0 Å². The number of rotatable bonds is 4. The molecular weight excluding hydrogens is 548 g/mol. The van der Waals surface area contributed by atoms with E-state index in [1.807, 2.05) is 0 Å². The van der Waals surface area contributed by atoms with Crippen molar-refractivity contribution in [3.8, 4) is 5.75 Å². The maximum absolute atomic E-state index is 13.0. The van der Waals surface area contributed by atoms with Gasteiger partial charge in [0.1, 0.15) is 11.9 Å². The van der Waals surface area contributed by atoms with Crippen LogP contribution in [0.4, 0.5) is 0 Å². The highest BCUT2D eigenvalue weighted by Crippen LogP contribution is 2.75. The van der Waals surface area contributed by atoms with E-state index in [0.717, 1.165) is 69.8 Å². The molecule has 5 heteroatoms. The number of hydrogen-bond acceptors (Lipinski definition) is 4. The van der Waals surface area contributed by atoms with Gasteiger partial charge in [0.05, 0.1) is 5.41 Å². The Balaban J connectivity index is 1.26. The Morgan fingerprint density at radius 1 is 0.864 bits per heavy atom.